The van der Waals surface area contributed by atoms with Gasteiger partial charge >= 0.3 is 0 Å². The molecule has 0 aliphatic rings. The Bertz CT molecular complexity index is 707. The molecule has 0 radical (unpaired) electrons. The van der Waals surface area contributed by atoms with Crippen molar-refractivity contribution in [2.75, 3.05) is 19.8 Å². The van der Waals surface area contributed by atoms with Gasteiger partial charge in [-0.15, -0.1) is 0 Å². The second kappa shape index (κ2) is 16.5. The van der Waals surface area contributed by atoms with Crippen LogP contribution in [0.15, 0.2) is 54.7 Å². The van der Waals surface area contributed by atoms with Crippen molar-refractivity contribution in [3.05, 3.63) is 60.3 Å². The smallest absolute Gasteiger partial charge is 0.137 e. The summed E-state index contributed by atoms with van der Waals surface area (Å²) in [5.41, 5.74) is 3.54. The molecule has 1 aromatic heterocycles. The number of benzene rings is 1. The fourth-order valence-electron chi connectivity index (χ4n) is 3.45. The third kappa shape index (κ3) is 11.2. The van der Waals surface area contributed by atoms with Crippen molar-refractivity contribution in [3.8, 4) is 17.0 Å². The van der Waals surface area contributed by atoms with Crippen LogP contribution in [0.4, 0.5) is 0 Å². The second-order valence-corrected chi connectivity index (χ2v) is 8.08. The number of nitrogens with zero attached hydrogens (tertiary/aromatic N) is 1. The molecule has 0 aliphatic heterocycles. The van der Waals surface area contributed by atoms with E-state index < -0.39 is 0 Å². The lowest BCUT2D eigenvalue weighted by molar-refractivity contribution is 0.130. The van der Waals surface area contributed by atoms with Crippen LogP contribution in [0.2, 0.25) is 0 Å². The van der Waals surface area contributed by atoms with E-state index in [1.54, 1.807) is 0 Å². The van der Waals surface area contributed by atoms with Crippen LogP contribution in [0.25, 0.3) is 11.3 Å². The minimum atomic E-state index is 0.762. The van der Waals surface area contributed by atoms with E-state index in [0.717, 1.165) is 68.9 Å². The fraction of sp³-hybridized carbons (Fsp3) is 0.536. The van der Waals surface area contributed by atoms with E-state index in [-0.39, 0.29) is 0 Å². The highest BCUT2D eigenvalue weighted by Gasteiger charge is 2.02. The van der Waals surface area contributed by atoms with Gasteiger partial charge in [0.15, 0.2) is 0 Å². The first-order valence-electron chi connectivity index (χ1n) is 12.2. The molecule has 1 aromatic carbocycles. The van der Waals surface area contributed by atoms with Crippen LogP contribution < -0.4 is 4.74 Å². The number of pyridine rings is 1. The number of unbranched alkanes of at least 4 members (excludes halogenated alkanes) is 5. The molecule has 2 rings (SSSR count). The Morgan fingerprint density at radius 1 is 0.774 bits per heavy atom. The molecule has 0 amide bonds. The number of hydrogen-bond donors (Lipinski definition) is 0. The summed E-state index contributed by atoms with van der Waals surface area (Å²) < 4.78 is 11.4. The van der Waals surface area contributed by atoms with Crippen LogP contribution in [-0.2, 0) is 11.2 Å². The van der Waals surface area contributed by atoms with Crippen LogP contribution in [0.5, 0.6) is 5.75 Å². The molecular weight excluding hydrogens is 382 g/mol. The maximum absolute atomic E-state index is 5.84. The monoisotopic (exact) mass is 423 g/mol. The number of aryl methyl sites for hydroxylation is 1. The molecule has 0 unspecified atom stereocenters. The average molecular weight is 424 g/mol. The van der Waals surface area contributed by atoms with Crippen molar-refractivity contribution < 1.29 is 9.47 Å². The SMILES string of the molecule is CCC=CCCCCCOc1ccc(-c2ccc(CCCCCOCCC)cc2)nc1. The van der Waals surface area contributed by atoms with Gasteiger partial charge < -0.3 is 9.47 Å². The molecule has 0 saturated heterocycles. The molecule has 2 aromatic rings. The predicted molar refractivity (Wildman–Crippen MR) is 132 cm³/mol. The molecule has 31 heavy (non-hydrogen) atoms. The number of aromatic nitrogens is 1. The molecule has 3 nitrogen and oxygen atoms in total. The normalized spacial score (nSPS) is 11.3. The Morgan fingerprint density at radius 3 is 2.32 bits per heavy atom. The van der Waals surface area contributed by atoms with Crippen molar-refractivity contribution in [1.29, 1.82) is 0 Å². The Balaban J connectivity index is 1.64. The van der Waals surface area contributed by atoms with E-state index in [9.17, 15) is 0 Å². The van der Waals surface area contributed by atoms with Crippen LogP contribution in [0, 0.1) is 0 Å². The van der Waals surface area contributed by atoms with Crippen LogP contribution in [-0.4, -0.2) is 24.8 Å². The lowest BCUT2D eigenvalue weighted by Crippen LogP contribution is -1.98. The Morgan fingerprint density at radius 2 is 1.58 bits per heavy atom. The molecule has 170 valence electrons. The molecule has 0 bridgehead atoms. The van der Waals surface area contributed by atoms with Crippen molar-refractivity contribution >= 4 is 0 Å². The molecular formula is C28H41NO2. The third-order valence-electron chi connectivity index (χ3n) is 5.27. The number of allylic oxidation sites excluding steroid dienone is 2. The zero-order valence-corrected chi connectivity index (χ0v) is 19.7. The van der Waals surface area contributed by atoms with Gasteiger partial charge in [0.25, 0.3) is 0 Å². The van der Waals surface area contributed by atoms with E-state index in [2.05, 4.69) is 61.3 Å². The minimum Gasteiger partial charge on any atom is -0.492 e. The van der Waals surface area contributed by atoms with E-state index >= 15 is 0 Å². The highest BCUT2D eigenvalue weighted by molar-refractivity contribution is 5.59. The molecule has 0 spiro atoms. The van der Waals surface area contributed by atoms with E-state index in [1.807, 2.05) is 12.3 Å². The van der Waals surface area contributed by atoms with Gasteiger partial charge in [-0.1, -0.05) is 56.7 Å². The van der Waals surface area contributed by atoms with Crippen molar-refractivity contribution in [2.24, 2.45) is 0 Å². The van der Waals surface area contributed by atoms with Crippen molar-refractivity contribution in [1.82, 2.24) is 4.98 Å². The highest BCUT2D eigenvalue weighted by Crippen LogP contribution is 2.21. The lowest BCUT2D eigenvalue weighted by Gasteiger charge is -2.08. The number of hydrogen-bond acceptors (Lipinski definition) is 3. The minimum absolute atomic E-state index is 0.762. The first-order valence-corrected chi connectivity index (χ1v) is 12.2. The summed E-state index contributed by atoms with van der Waals surface area (Å²) in [5, 5.41) is 0. The van der Waals surface area contributed by atoms with Gasteiger partial charge in [-0.25, -0.2) is 0 Å². The second-order valence-electron chi connectivity index (χ2n) is 8.08. The summed E-state index contributed by atoms with van der Waals surface area (Å²) >= 11 is 0. The van der Waals surface area contributed by atoms with Gasteiger partial charge in [0, 0.05) is 18.8 Å². The number of rotatable bonds is 17. The van der Waals surface area contributed by atoms with E-state index in [1.165, 1.54) is 37.7 Å². The average Bonchev–Trinajstić information content (AvgIpc) is 2.81. The Labute approximate surface area is 189 Å². The molecule has 0 fully saturated rings. The lowest BCUT2D eigenvalue weighted by atomic mass is 10.0. The summed E-state index contributed by atoms with van der Waals surface area (Å²) in [6, 6.07) is 12.9. The summed E-state index contributed by atoms with van der Waals surface area (Å²) in [4.78, 5) is 4.59. The van der Waals surface area contributed by atoms with Crippen LogP contribution in [0.3, 0.4) is 0 Å². The molecule has 0 N–H and O–H groups in total. The zero-order valence-electron chi connectivity index (χ0n) is 19.7. The fourth-order valence-corrected chi connectivity index (χ4v) is 3.45. The summed E-state index contributed by atoms with van der Waals surface area (Å²) in [6.07, 6.45) is 18.0. The summed E-state index contributed by atoms with van der Waals surface area (Å²) in [7, 11) is 0. The summed E-state index contributed by atoms with van der Waals surface area (Å²) in [5.74, 6) is 0.856. The molecule has 0 atom stereocenters. The van der Waals surface area contributed by atoms with E-state index in [4.69, 9.17) is 9.47 Å². The topological polar surface area (TPSA) is 31.4 Å². The molecule has 0 aliphatic carbocycles. The quantitative estimate of drug-likeness (QED) is 0.192. The van der Waals surface area contributed by atoms with Gasteiger partial charge in [-0.05, 0) is 75.5 Å². The molecule has 1 heterocycles. The standard InChI is InChI=1S/C28H41NO2/c1-3-5-6-7-8-9-13-23-31-27-19-20-28(29-24-27)26-17-15-25(16-18-26)14-11-10-12-22-30-21-4-2/h5-6,15-20,24H,3-4,7-14,21-23H2,1-2H3. The van der Waals surface area contributed by atoms with Crippen molar-refractivity contribution in [3.63, 3.8) is 0 Å². The largest absolute Gasteiger partial charge is 0.492 e. The van der Waals surface area contributed by atoms with Crippen LogP contribution in [0.1, 0.15) is 77.2 Å². The Kier molecular flexibility index (Phi) is 13.4. The zero-order chi connectivity index (χ0) is 22.0. The van der Waals surface area contributed by atoms with Gasteiger partial charge in [-0.2, -0.15) is 0 Å². The number of ether oxygens (including phenoxy) is 2. The highest BCUT2D eigenvalue weighted by atomic mass is 16.5. The third-order valence-corrected chi connectivity index (χ3v) is 5.27. The van der Waals surface area contributed by atoms with E-state index in [0.29, 0.717) is 0 Å². The first kappa shape index (κ1) is 25.1. The first-order chi connectivity index (χ1) is 15.3. The maximum atomic E-state index is 5.84. The molecule has 3 heteroatoms. The Hall–Kier alpha value is -2.13. The summed E-state index contributed by atoms with van der Waals surface area (Å²) in [6.45, 7) is 6.87. The van der Waals surface area contributed by atoms with Crippen molar-refractivity contribution in [2.45, 2.75) is 78.1 Å². The van der Waals surface area contributed by atoms with Gasteiger partial charge in [-0.3, -0.25) is 4.98 Å². The van der Waals surface area contributed by atoms with Gasteiger partial charge in [0.05, 0.1) is 18.5 Å². The van der Waals surface area contributed by atoms with Gasteiger partial charge in [0.2, 0.25) is 0 Å². The maximum Gasteiger partial charge on any atom is 0.137 e. The molecule has 0 saturated carbocycles. The van der Waals surface area contributed by atoms with Crippen LogP contribution >= 0.6 is 0 Å². The predicted octanol–water partition coefficient (Wildman–Crippen LogP) is 7.79. The van der Waals surface area contributed by atoms with Gasteiger partial charge in [0.1, 0.15) is 5.75 Å².